The second-order valence-corrected chi connectivity index (χ2v) is 4.11. The van der Waals surface area contributed by atoms with E-state index in [4.69, 9.17) is 0 Å². The van der Waals surface area contributed by atoms with Crippen molar-refractivity contribution in [1.29, 1.82) is 0 Å². The van der Waals surface area contributed by atoms with Gasteiger partial charge in [0.15, 0.2) is 0 Å². The van der Waals surface area contributed by atoms with Crippen molar-refractivity contribution in [2.75, 3.05) is 0 Å². The van der Waals surface area contributed by atoms with Gasteiger partial charge in [-0.05, 0) is 23.7 Å². The lowest BCUT2D eigenvalue weighted by Gasteiger charge is -2.27. The Hall–Kier alpha value is -0.260. The smallest absolute Gasteiger partial charge is 0.00718 e. The fourth-order valence-electron chi connectivity index (χ4n) is 1.39. The zero-order chi connectivity index (χ0) is 7.12. The number of allylic oxidation sites excluding steroid dienone is 1. The Morgan fingerprint density at radius 1 is 1.33 bits per heavy atom. The fraction of sp³-hybridized carbons (Fsp3) is 0.778. The van der Waals surface area contributed by atoms with Crippen molar-refractivity contribution >= 4 is 0 Å². The number of hydrogen-bond acceptors (Lipinski definition) is 0. The summed E-state index contributed by atoms with van der Waals surface area (Å²) in [6.07, 6.45) is 4.83. The molecule has 0 bridgehead atoms. The summed E-state index contributed by atoms with van der Waals surface area (Å²) in [4.78, 5) is 0. The Balaban J connectivity index is 2.71. The van der Waals surface area contributed by atoms with Crippen molar-refractivity contribution in [3.63, 3.8) is 0 Å². The van der Waals surface area contributed by atoms with Crippen molar-refractivity contribution in [1.82, 2.24) is 0 Å². The van der Waals surface area contributed by atoms with E-state index in [9.17, 15) is 0 Å². The monoisotopic (exact) mass is 124 g/mol. The highest BCUT2D eigenvalue weighted by atomic mass is 14.5. The lowest BCUT2D eigenvalue weighted by Crippen LogP contribution is -2.18. The molecule has 0 heterocycles. The van der Waals surface area contributed by atoms with Crippen LogP contribution in [0.5, 0.6) is 0 Å². The Morgan fingerprint density at radius 3 is 1.78 bits per heavy atom. The van der Waals surface area contributed by atoms with Gasteiger partial charge in [0.1, 0.15) is 0 Å². The van der Waals surface area contributed by atoms with Crippen molar-refractivity contribution < 1.29 is 0 Å². The third kappa shape index (κ3) is 0.910. The van der Waals surface area contributed by atoms with Crippen LogP contribution in [0.25, 0.3) is 0 Å². The Morgan fingerprint density at radius 2 is 1.78 bits per heavy atom. The lowest BCUT2D eigenvalue weighted by molar-refractivity contribution is 0.271. The van der Waals surface area contributed by atoms with Gasteiger partial charge >= 0.3 is 0 Å². The predicted molar refractivity (Wildman–Crippen MR) is 41.3 cm³/mol. The van der Waals surface area contributed by atoms with Gasteiger partial charge in [-0.2, -0.15) is 0 Å². The second-order valence-electron chi connectivity index (χ2n) is 4.11. The zero-order valence-electron chi connectivity index (χ0n) is 6.70. The van der Waals surface area contributed by atoms with Crippen molar-refractivity contribution in [3.05, 3.63) is 12.7 Å². The molecule has 1 saturated carbocycles. The molecule has 9 heavy (non-hydrogen) atoms. The molecule has 0 unspecified atom stereocenters. The van der Waals surface area contributed by atoms with Crippen molar-refractivity contribution in [2.24, 2.45) is 10.8 Å². The summed E-state index contributed by atoms with van der Waals surface area (Å²) >= 11 is 0. The highest BCUT2D eigenvalue weighted by molar-refractivity contribution is 5.11. The van der Waals surface area contributed by atoms with Crippen LogP contribution < -0.4 is 0 Å². The highest BCUT2D eigenvalue weighted by Crippen LogP contribution is 2.59. The molecule has 0 aromatic rings. The van der Waals surface area contributed by atoms with E-state index in [2.05, 4.69) is 33.4 Å². The Kier molecular flexibility index (Phi) is 1.23. The summed E-state index contributed by atoms with van der Waals surface area (Å²) in [6, 6.07) is 0. The van der Waals surface area contributed by atoms with Gasteiger partial charge < -0.3 is 0 Å². The summed E-state index contributed by atoms with van der Waals surface area (Å²) in [5, 5.41) is 0. The zero-order valence-corrected chi connectivity index (χ0v) is 6.70. The third-order valence-corrected chi connectivity index (χ3v) is 2.67. The minimum atomic E-state index is 0.439. The van der Waals surface area contributed by atoms with E-state index in [1.165, 1.54) is 12.8 Å². The van der Waals surface area contributed by atoms with Crippen LogP contribution in [0.3, 0.4) is 0 Å². The molecule has 1 fully saturated rings. The molecule has 1 aliphatic rings. The fourth-order valence-corrected chi connectivity index (χ4v) is 1.39. The van der Waals surface area contributed by atoms with E-state index in [1.807, 2.05) is 0 Å². The molecular formula is C9H16. The molecule has 0 aliphatic heterocycles. The Bertz CT molecular complexity index is 121. The molecule has 0 radical (unpaired) electrons. The standard InChI is InChI=1S/C9H16/c1-5-9(6-7-9)8(2,3)4/h5H,1,6-7H2,2-4H3. The molecule has 0 aromatic heterocycles. The molecule has 0 atom stereocenters. The van der Waals surface area contributed by atoms with Gasteiger partial charge in [-0.15, -0.1) is 6.58 Å². The first kappa shape index (κ1) is 6.85. The molecular weight excluding hydrogens is 108 g/mol. The van der Waals surface area contributed by atoms with E-state index in [0.717, 1.165) is 0 Å². The van der Waals surface area contributed by atoms with Crippen LogP contribution in [0.2, 0.25) is 0 Å². The minimum Gasteiger partial charge on any atom is -0.103 e. The van der Waals surface area contributed by atoms with E-state index >= 15 is 0 Å². The van der Waals surface area contributed by atoms with Crippen LogP contribution in [0.4, 0.5) is 0 Å². The predicted octanol–water partition coefficient (Wildman–Crippen LogP) is 3.00. The van der Waals surface area contributed by atoms with Crippen molar-refractivity contribution in [2.45, 2.75) is 33.6 Å². The van der Waals surface area contributed by atoms with Crippen LogP contribution in [0.15, 0.2) is 12.7 Å². The summed E-state index contributed by atoms with van der Waals surface area (Å²) in [6.45, 7) is 10.7. The SMILES string of the molecule is C=CC1(C(C)(C)C)CC1. The van der Waals surface area contributed by atoms with E-state index in [-0.39, 0.29) is 0 Å². The molecule has 0 saturated heterocycles. The quantitative estimate of drug-likeness (QED) is 0.471. The topological polar surface area (TPSA) is 0 Å². The van der Waals surface area contributed by atoms with Crippen LogP contribution in [0.1, 0.15) is 33.6 Å². The van der Waals surface area contributed by atoms with E-state index in [1.54, 1.807) is 0 Å². The first-order valence-electron chi connectivity index (χ1n) is 3.65. The maximum absolute atomic E-state index is 3.86. The number of hydrogen-bond donors (Lipinski definition) is 0. The summed E-state index contributed by atoms with van der Waals surface area (Å²) in [5.41, 5.74) is 0.932. The van der Waals surface area contributed by atoms with Crippen LogP contribution >= 0.6 is 0 Å². The van der Waals surface area contributed by atoms with Gasteiger partial charge in [-0.3, -0.25) is 0 Å². The van der Waals surface area contributed by atoms with Crippen LogP contribution in [-0.4, -0.2) is 0 Å². The first-order valence-corrected chi connectivity index (χ1v) is 3.65. The number of rotatable bonds is 1. The molecule has 0 amide bonds. The lowest BCUT2D eigenvalue weighted by atomic mass is 9.78. The summed E-state index contributed by atoms with van der Waals surface area (Å²) < 4.78 is 0. The summed E-state index contributed by atoms with van der Waals surface area (Å²) in [7, 11) is 0. The van der Waals surface area contributed by atoms with Gasteiger partial charge in [-0.1, -0.05) is 26.8 Å². The van der Waals surface area contributed by atoms with Crippen molar-refractivity contribution in [3.8, 4) is 0 Å². The molecule has 1 rings (SSSR count). The molecule has 0 N–H and O–H groups in total. The molecule has 52 valence electrons. The van der Waals surface area contributed by atoms with Gasteiger partial charge in [0.25, 0.3) is 0 Å². The third-order valence-electron chi connectivity index (χ3n) is 2.67. The molecule has 0 nitrogen and oxygen atoms in total. The average Bonchev–Trinajstić information content (AvgIpc) is 2.40. The summed E-state index contributed by atoms with van der Waals surface area (Å²) in [5.74, 6) is 0. The van der Waals surface area contributed by atoms with E-state index < -0.39 is 0 Å². The van der Waals surface area contributed by atoms with Gasteiger partial charge in [-0.25, -0.2) is 0 Å². The molecule has 0 spiro atoms. The normalized spacial score (nSPS) is 23.4. The van der Waals surface area contributed by atoms with Crippen LogP contribution in [0, 0.1) is 10.8 Å². The van der Waals surface area contributed by atoms with Gasteiger partial charge in [0.05, 0.1) is 0 Å². The van der Waals surface area contributed by atoms with Crippen LogP contribution in [-0.2, 0) is 0 Å². The largest absolute Gasteiger partial charge is 0.103 e. The van der Waals surface area contributed by atoms with Gasteiger partial charge in [0, 0.05) is 0 Å². The molecule has 0 heteroatoms. The maximum Gasteiger partial charge on any atom is -0.00718 e. The van der Waals surface area contributed by atoms with E-state index in [0.29, 0.717) is 10.8 Å². The average molecular weight is 124 g/mol. The second kappa shape index (κ2) is 1.62. The maximum atomic E-state index is 3.86. The Labute approximate surface area is 58.0 Å². The minimum absolute atomic E-state index is 0.439. The highest BCUT2D eigenvalue weighted by Gasteiger charge is 2.48. The first-order chi connectivity index (χ1) is 4.02. The van der Waals surface area contributed by atoms with Gasteiger partial charge in [0.2, 0.25) is 0 Å². The molecule has 0 aromatic carbocycles. The molecule has 1 aliphatic carbocycles.